The van der Waals surface area contributed by atoms with E-state index in [4.69, 9.17) is 4.74 Å². The molecule has 2 aromatic rings. The van der Waals surface area contributed by atoms with Gasteiger partial charge in [0, 0.05) is 12.1 Å². The number of amides is 1. The first-order chi connectivity index (χ1) is 10.7. The Hall–Kier alpha value is -2.29. The molecule has 0 bridgehead atoms. The van der Waals surface area contributed by atoms with Gasteiger partial charge < -0.3 is 10.1 Å². The van der Waals surface area contributed by atoms with Crippen molar-refractivity contribution in [2.45, 2.75) is 26.2 Å². The fourth-order valence-corrected chi connectivity index (χ4v) is 2.28. The molecule has 0 unspecified atom stereocenters. The zero-order valence-electron chi connectivity index (χ0n) is 13.3. The molecule has 0 aliphatic carbocycles. The summed E-state index contributed by atoms with van der Waals surface area (Å²) in [5.74, 6) is 0.837. The maximum Gasteiger partial charge on any atom is 0.251 e. The first-order valence-corrected chi connectivity index (χ1v) is 7.77. The molecule has 0 fully saturated rings. The summed E-state index contributed by atoms with van der Waals surface area (Å²) >= 11 is 0. The summed E-state index contributed by atoms with van der Waals surface area (Å²) in [6.45, 7) is 2.90. The number of unbranched alkanes of at least 4 members (excludes halogenated alkanes) is 2. The predicted octanol–water partition coefficient (Wildman–Crippen LogP) is 4.28. The van der Waals surface area contributed by atoms with Gasteiger partial charge in [-0.05, 0) is 41.8 Å². The van der Waals surface area contributed by atoms with Crippen LogP contribution in [0.15, 0.2) is 48.5 Å². The molecule has 0 aliphatic heterocycles. The lowest BCUT2D eigenvalue weighted by molar-refractivity contribution is 0.0953. The number of benzene rings is 2. The van der Waals surface area contributed by atoms with Crippen molar-refractivity contribution in [1.29, 1.82) is 0 Å². The van der Waals surface area contributed by atoms with Crippen LogP contribution in [0.4, 0.5) is 0 Å². The minimum Gasteiger partial charge on any atom is -0.497 e. The number of carbonyl (C=O) groups is 1. The molecule has 3 heteroatoms. The fourth-order valence-electron chi connectivity index (χ4n) is 2.28. The molecule has 0 saturated carbocycles. The fraction of sp³-hybridized carbons (Fsp3) is 0.316. The van der Waals surface area contributed by atoms with Crippen molar-refractivity contribution in [1.82, 2.24) is 5.32 Å². The lowest BCUT2D eigenvalue weighted by atomic mass is 10.0. The molecule has 1 amide bonds. The summed E-state index contributed by atoms with van der Waals surface area (Å²) in [6.07, 6.45) is 3.34. The summed E-state index contributed by atoms with van der Waals surface area (Å²) in [5, 5.41) is 2.95. The smallest absolute Gasteiger partial charge is 0.251 e. The standard InChI is InChI=1S/C19H23NO2/c1-3-4-5-14-20-19(21)17-8-6-15(7-9-17)16-10-12-18(22-2)13-11-16/h6-13H,3-5,14H2,1-2H3,(H,20,21). The van der Waals surface area contributed by atoms with E-state index in [9.17, 15) is 4.79 Å². The maximum atomic E-state index is 12.0. The van der Waals surface area contributed by atoms with E-state index in [1.807, 2.05) is 48.5 Å². The zero-order valence-corrected chi connectivity index (χ0v) is 13.3. The van der Waals surface area contributed by atoms with E-state index in [1.54, 1.807) is 7.11 Å². The average Bonchev–Trinajstić information content (AvgIpc) is 2.59. The van der Waals surface area contributed by atoms with Crippen LogP contribution in [0.1, 0.15) is 36.5 Å². The summed E-state index contributed by atoms with van der Waals surface area (Å²) in [5.41, 5.74) is 2.90. The van der Waals surface area contributed by atoms with Crippen LogP contribution < -0.4 is 10.1 Å². The number of rotatable bonds is 7. The Labute approximate surface area is 132 Å². The van der Waals surface area contributed by atoms with E-state index >= 15 is 0 Å². The predicted molar refractivity (Wildman–Crippen MR) is 90.3 cm³/mol. The van der Waals surface area contributed by atoms with Gasteiger partial charge in [0.2, 0.25) is 0 Å². The Kier molecular flexibility index (Phi) is 6.01. The number of carbonyl (C=O) groups excluding carboxylic acids is 1. The minimum atomic E-state index is -0.00242. The first kappa shape index (κ1) is 16.1. The second-order valence-corrected chi connectivity index (χ2v) is 5.27. The third-order valence-electron chi connectivity index (χ3n) is 3.64. The highest BCUT2D eigenvalue weighted by atomic mass is 16.5. The number of methoxy groups -OCH3 is 1. The topological polar surface area (TPSA) is 38.3 Å². The van der Waals surface area contributed by atoms with Crippen LogP contribution >= 0.6 is 0 Å². The molecular formula is C19H23NO2. The van der Waals surface area contributed by atoms with Crippen LogP contribution in [0.3, 0.4) is 0 Å². The molecule has 0 aromatic heterocycles. The van der Waals surface area contributed by atoms with Crippen LogP contribution in [0.5, 0.6) is 5.75 Å². The molecule has 22 heavy (non-hydrogen) atoms. The van der Waals surface area contributed by atoms with E-state index in [0.717, 1.165) is 42.7 Å². The number of nitrogens with one attached hydrogen (secondary N) is 1. The van der Waals surface area contributed by atoms with E-state index in [-0.39, 0.29) is 5.91 Å². The zero-order chi connectivity index (χ0) is 15.8. The van der Waals surface area contributed by atoms with Crippen LogP contribution in [-0.2, 0) is 0 Å². The molecule has 0 saturated heterocycles. The second kappa shape index (κ2) is 8.23. The van der Waals surface area contributed by atoms with Gasteiger partial charge in [0.05, 0.1) is 7.11 Å². The average molecular weight is 297 g/mol. The van der Waals surface area contributed by atoms with Gasteiger partial charge in [0.25, 0.3) is 5.91 Å². The molecule has 2 aromatic carbocycles. The molecule has 0 aliphatic rings. The van der Waals surface area contributed by atoms with Crippen molar-refractivity contribution < 1.29 is 9.53 Å². The summed E-state index contributed by atoms with van der Waals surface area (Å²) in [7, 11) is 1.66. The lowest BCUT2D eigenvalue weighted by Crippen LogP contribution is -2.24. The summed E-state index contributed by atoms with van der Waals surface area (Å²) in [4.78, 5) is 12.0. The quantitative estimate of drug-likeness (QED) is 0.775. The van der Waals surface area contributed by atoms with Crippen LogP contribution in [-0.4, -0.2) is 19.6 Å². The minimum absolute atomic E-state index is 0.00242. The molecule has 2 rings (SSSR count). The van der Waals surface area contributed by atoms with Gasteiger partial charge in [-0.15, -0.1) is 0 Å². The van der Waals surface area contributed by atoms with Gasteiger partial charge >= 0.3 is 0 Å². The highest BCUT2D eigenvalue weighted by molar-refractivity contribution is 5.94. The van der Waals surface area contributed by atoms with Crippen molar-refractivity contribution in [2.75, 3.05) is 13.7 Å². The Morgan fingerprint density at radius 3 is 2.09 bits per heavy atom. The molecule has 1 N–H and O–H groups in total. The molecule has 116 valence electrons. The van der Waals surface area contributed by atoms with Crippen molar-refractivity contribution in [3.8, 4) is 16.9 Å². The molecule has 0 heterocycles. The SMILES string of the molecule is CCCCCNC(=O)c1ccc(-c2ccc(OC)cc2)cc1. The largest absolute Gasteiger partial charge is 0.497 e. The maximum absolute atomic E-state index is 12.0. The number of ether oxygens (including phenoxy) is 1. The van der Waals surface area contributed by atoms with E-state index < -0.39 is 0 Å². The highest BCUT2D eigenvalue weighted by Crippen LogP contribution is 2.22. The van der Waals surface area contributed by atoms with E-state index in [0.29, 0.717) is 5.56 Å². The van der Waals surface area contributed by atoms with Crippen molar-refractivity contribution in [2.24, 2.45) is 0 Å². The second-order valence-electron chi connectivity index (χ2n) is 5.27. The lowest BCUT2D eigenvalue weighted by Gasteiger charge is -2.07. The van der Waals surface area contributed by atoms with Crippen LogP contribution in [0, 0.1) is 0 Å². The Morgan fingerprint density at radius 2 is 1.55 bits per heavy atom. The molecular weight excluding hydrogens is 274 g/mol. The van der Waals surface area contributed by atoms with Crippen molar-refractivity contribution in [3.63, 3.8) is 0 Å². The normalized spacial score (nSPS) is 10.3. The molecule has 3 nitrogen and oxygen atoms in total. The Balaban J connectivity index is 1.98. The Morgan fingerprint density at radius 1 is 0.955 bits per heavy atom. The molecule has 0 atom stereocenters. The number of hydrogen-bond donors (Lipinski definition) is 1. The summed E-state index contributed by atoms with van der Waals surface area (Å²) < 4.78 is 5.16. The van der Waals surface area contributed by atoms with Gasteiger partial charge in [0.15, 0.2) is 0 Å². The third kappa shape index (κ3) is 4.35. The van der Waals surface area contributed by atoms with Gasteiger partial charge in [-0.3, -0.25) is 4.79 Å². The molecule has 0 spiro atoms. The Bertz CT molecular complexity index is 588. The molecule has 0 radical (unpaired) electrons. The van der Waals surface area contributed by atoms with E-state index in [1.165, 1.54) is 0 Å². The van der Waals surface area contributed by atoms with Gasteiger partial charge in [0.1, 0.15) is 5.75 Å². The first-order valence-electron chi connectivity index (χ1n) is 7.77. The van der Waals surface area contributed by atoms with Crippen molar-refractivity contribution >= 4 is 5.91 Å². The monoisotopic (exact) mass is 297 g/mol. The van der Waals surface area contributed by atoms with Gasteiger partial charge in [-0.25, -0.2) is 0 Å². The van der Waals surface area contributed by atoms with Crippen LogP contribution in [0.2, 0.25) is 0 Å². The van der Waals surface area contributed by atoms with Gasteiger partial charge in [-0.2, -0.15) is 0 Å². The summed E-state index contributed by atoms with van der Waals surface area (Å²) in [6, 6.07) is 15.6. The van der Waals surface area contributed by atoms with E-state index in [2.05, 4.69) is 12.2 Å². The third-order valence-corrected chi connectivity index (χ3v) is 3.64. The van der Waals surface area contributed by atoms with Gasteiger partial charge in [-0.1, -0.05) is 44.0 Å². The van der Waals surface area contributed by atoms with Crippen molar-refractivity contribution in [3.05, 3.63) is 54.1 Å². The highest BCUT2D eigenvalue weighted by Gasteiger charge is 2.05. The number of hydrogen-bond acceptors (Lipinski definition) is 2. The van der Waals surface area contributed by atoms with Crippen LogP contribution in [0.25, 0.3) is 11.1 Å².